The maximum Gasteiger partial charge on any atom is 0.234 e. The Hall–Kier alpha value is -2.27. The topological polar surface area (TPSA) is 59.4 Å². The van der Waals surface area contributed by atoms with E-state index in [4.69, 9.17) is 5.26 Å². The Bertz CT molecular complexity index is 751. The van der Waals surface area contributed by atoms with Crippen LogP contribution in [0.4, 0.5) is 18.9 Å². The largest absolute Gasteiger partial charge is 0.367 e. The number of anilines is 1. The number of rotatable bonds is 6. The van der Waals surface area contributed by atoms with Gasteiger partial charge in [0.05, 0.1) is 11.8 Å². The van der Waals surface area contributed by atoms with Crippen LogP contribution in [-0.2, 0) is 4.79 Å². The number of nitrogens with one attached hydrogen (secondary N) is 1. The first-order valence-corrected chi connectivity index (χ1v) is 10.2. The molecule has 1 aliphatic carbocycles. The summed E-state index contributed by atoms with van der Waals surface area (Å²) >= 11 is 0. The van der Waals surface area contributed by atoms with Gasteiger partial charge in [-0.15, -0.1) is 0 Å². The van der Waals surface area contributed by atoms with Gasteiger partial charge in [-0.05, 0) is 56.7 Å². The number of hydrogen-bond acceptors (Lipinski definition) is 4. The maximum absolute atomic E-state index is 14.0. The molecule has 0 unspecified atom stereocenters. The molecule has 29 heavy (non-hydrogen) atoms. The number of amides is 1. The molecule has 1 aromatic carbocycles. The lowest BCUT2D eigenvalue weighted by Crippen LogP contribution is -2.47. The van der Waals surface area contributed by atoms with Crippen molar-refractivity contribution < 1.29 is 18.0 Å². The van der Waals surface area contributed by atoms with Crippen molar-refractivity contribution in [2.45, 2.75) is 44.6 Å². The highest BCUT2D eigenvalue weighted by Gasteiger charge is 2.25. The summed E-state index contributed by atoms with van der Waals surface area (Å²) < 4.78 is 40.5. The van der Waals surface area contributed by atoms with Crippen LogP contribution >= 0.6 is 0 Å². The Kier molecular flexibility index (Phi) is 7.37. The molecule has 1 saturated heterocycles. The van der Waals surface area contributed by atoms with Crippen molar-refractivity contribution in [3.8, 4) is 6.07 Å². The Labute approximate surface area is 169 Å². The molecule has 0 radical (unpaired) electrons. The highest BCUT2D eigenvalue weighted by molar-refractivity contribution is 5.78. The van der Waals surface area contributed by atoms with Gasteiger partial charge in [0.25, 0.3) is 0 Å². The molecule has 3 rings (SSSR count). The number of carbonyl (C=O) groups is 1. The lowest BCUT2D eigenvalue weighted by atomic mass is 9.84. The third kappa shape index (κ3) is 5.63. The first-order valence-electron chi connectivity index (χ1n) is 10.2. The minimum absolute atomic E-state index is 0.0830. The van der Waals surface area contributed by atoms with E-state index >= 15 is 0 Å². The quantitative estimate of drug-likeness (QED) is 0.735. The van der Waals surface area contributed by atoms with E-state index in [1.54, 1.807) is 4.90 Å². The molecule has 5 nitrogen and oxygen atoms in total. The zero-order valence-electron chi connectivity index (χ0n) is 16.5. The van der Waals surface area contributed by atoms with E-state index in [2.05, 4.69) is 10.2 Å². The van der Waals surface area contributed by atoms with Crippen molar-refractivity contribution in [3.63, 3.8) is 0 Å². The summed E-state index contributed by atoms with van der Waals surface area (Å²) in [5, 5.41) is 11.5. The number of hydrogen-bond donors (Lipinski definition) is 1. The van der Waals surface area contributed by atoms with Crippen molar-refractivity contribution >= 4 is 11.6 Å². The zero-order chi connectivity index (χ0) is 20.8. The third-order valence-electron chi connectivity index (χ3n) is 6.03. The summed E-state index contributed by atoms with van der Waals surface area (Å²) in [6.45, 7) is 3.65. The number of carbonyl (C=O) groups excluding carboxylic acids is 1. The maximum atomic E-state index is 14.0. The molecule has 158 valence electrons. The number of benzene rings is 1. The van der Waals surface area contributed by atoms with Gasteiger partial charge in [0.15, 0.2) is 17.5 Å². The van der Waals surface area contributed by atoms with E-state index < -0.39 is 17.5 Å². The summed E-state index contributed by atoms with van der Waals surface area (Å²) in [7, 11) is 0. The van der Waals surface area contributed by atoms with Crippen LogP contribution in [-0.4, -0.2) is 49.6 Å². The van der Waals surface area contributed by atoms with Gasteiger partial charge < -0.3 is 10.2 Å². The third-order valence-corrected chi connectivity index (χ3v) is 6.03. The van der Waals surface area contributed by atoms with Crippen LogP contribution in [0.15, 0.2) is 12.1 Å². The molecule has 0 bridgehead atoms. The SMILES string of the molecule is N#CCC(=O)N[C@H]1CC[C@H](CCN2CCN(c3ccc(F)c(F)c3F)CC2)CC1. The molecule has 0 atom stereocenters. The van der Waals surface area contributed by atoms with Crippen LogP contribution < -0.4 is 10.2 Å². The van der Waals surface area contributed by atoms with Gasteiger partial charge >= 0.3 is 0 Å². The average molecular weight is 408 g/mol. The van der Waals surface area contributed by atoms with Crippen molar-refractivity contribution in [2.75, 3.05) is 37.6 Å². The highest BCUT2D eigenvalue weighted by atomic mass is 19.2. The van der Waals surface area contributed by atoms with Gasteiger partial charge in [-0.2, -0.15) is 5.26 Å². The van der Waals surface area contributed by atoms with Crippen molar-refractivity contribution in [1.82, 2.24) is 10.2 Å². The number of halogens is 3. The second-order valence-electron chi connectivity index (χ2n) is 7.93. The second-order valence-corrected chi connectivity index (χ2v) is 7.93. The lowest BCUT2D eigenvalue weighted by molar-refractivity contribution is -0.121. The minimum atomic E-state index is -1.41. The van der Waals surface area contributed by atoms with Crippen LogP contribution in [0.25, 0.3) is 0 Å². The van der Waals surface area contributed by atoms with Gasteiger partial charge in [-0.3, -0.25) is 9.69 Å². The van der Waals surface area contributed by atoms with Crippen LogP contribution in [0, 0.1) is 34.7 Å². The molecule has 2 aliphatic rings. The van der Waals surface area contributed by atoms with E-state index in [1.165, 1.54) is 6.07 Å². The Morgan fingerprint density at radius 3 is 2.41 bits per heavy atom. The first kappa shape index (κ1) is 21.4. The Balaban J connectivity index is 1.37. The van der Waals surface area contributed by atoms with Crippen molar-refractivity contribution in [1.29, 1.82) is 5.26 Å². The summed E-state index contributed by atoms with van der Waals surface area (Å²) in [5.41, 5.74) is 0.125. The number of piperazine rings is 1. The van der Waals surface area contributed by atoms with Gasteiger partial charge in [0, 0.05) is 32.2 Å². The van der Waals surface area contributed by atoms with Crippen molar-refractivity contribution in [3.05, 3.63) is 29.6 Å². The molecule has 1 amide bonds. The fourth-order valence-corrected chi connectivity index (χ4v) is 4.28. The van der Waals surface area contributed by atoms with E-state index in [1.807, 2.05) is 6.07 Å². The Morgan fingerprint density at radius 2 is 1.76 bits per heavy atom. The monoisotopic (exact) mass is 408 g/mol. The molecule has 2 fully saturated rings. The average Bonchev–Trinajstić information content (AvgIpc) is 2.72. The van der Waals surface area contributed by atoms with Gasteiger partial charge in [0.1, 0.15) is 6.42 Å². The van der Waals surface area contributed by atoms with Gasteiger partial charge in [-0.1, -0.05) is 0 Å². The second kappa shape index (κ2) is 9.97. The molecule has 0 aromatic heterocycles. The predicted molar refractivity (Wildman–Crippen MR) is 104 cm³/mol. The fourth-order valence-electron chi connectivity index (χ4n) is 4.28. The number of nitrogens with zero attached hydrogens (tertiary/aromatic N) is 3. The minimum Gasteiger partial charge on any atom is -0.367 e. The van der Waals surface area contributed by atoms with E-state index in [9.17, 15) is 18.0 Å². The van der Waals surface area contributed by atoms with E-state index in [0.29, 0.717) is 19.0 Å². The van der Waals surface area contributed by atoms with Gasteiger partial charge in [-0.25, -0.2) is 13.2 Å². The standard InChI is InChI=1S/C21H27F3N4O/c22-17-5-6-18(21(24)20(17)23)28-13-11-27(12-14-28)10-8-15-1-3-16(4-2-15)26-19(29)7-9-25/h5-6,15-16H,1-4,7-8,10-14H2,(H,26,29)/t15-,16-. The molecular formula is C21H27F3N4O. The van der Waals surface area contributed by atoms with Crippen LogP contribution in [0.1, 0.15) is 38.5 Å². The molecule has 1 heterocycles. The van der Waals surface area contributed by atoms with E-state index in [0.717, 1.165) is 57.8 Å². The number of nitriles is 1. The molecular weight excluding hydrogens is 381 g/mol. The van der Waals surface area contributed by atoms with Gasteiger partial charge in [0.2, 0.25) is 5.91 Å². The molecule has 8 heteroatoms. The van der Waals surface area contributed by atoms with Crippen LogP contribution in [0.2, 0.25) is 0 Å². The molecule has 1 saturated carbocycles. The Morgan fingerprint density at radius 1 is 1.07 bits per heavy atom. The summed E-state index contributed by atoms with van der Waals surface area (Å²) in [5.74, 6) is -3.25. The summed E-state index contributed by atoms with van der Waals surface area (Å²) in [6.07, 6.45) is 5.03. The highest BCUT2D eigenvalue weighted by Crippen LogP contribution is 2.28. The van der Waals surface area contributed by atoms with E-state index in [-0.39, 0.29) is 24.1 Å². The van der Waals surface area contributed by atoms with Crippen molar-refractivity contribution in [2.24, 2.45) is 5.92 Å². The predicted octanol–water partition coefficient (Wildman–Crippen LogP) is 3.20. The molecule has 0 spiro atoms. The smallest absolute Gasteiger partial charge is 0.234 e. The summed E-state index contributed by atoms with van der Waals surface area (Å²) in [4.78, 5) is 15.6. The zero-order valence-corrected chi connectivity index (χ0v) is 16.5. The molecule has 1 aliphatic heterocycles. The first-order chi connectivity index (χ1) is 14.0. The molecule has 1 N–H and O–H groups in total. The lowest BCUT2D eigenvalue weighted by Gasteiger charge is -2.37. The normalized spacial score (nSPS) is 22.9. The fraction of sp³-hybridized carbons (Fsp3) is 0.619. The van der Waals surface area contributed by atoms with Crippen LogP contribution in [0.3, 0.4) is 0 Å². The summed E-state index contributed by atoms with van der Waals surface area (Å²) in [6, 6.07) is 4.32. The molecule has 1 aromatic rings. The van der Waals surface area contributed by atoms with Crippen LogP contribution in [0.5, 0.6) is 0 Å².